The van der Waals surface area contributed by atoms with Crippen LogP contribution >= 0.6 is 34.5 Å². The van der Waals surface area contributed by atoms with Gasteiger partial charge in [-0.3, -0.25) is 14.4 Å². The van der Waals surface area contributed by atoms with Gasteiger partial charge in [-0.2, -0.15) is 11.3 Å². The molecule has 98 valence electrons. The van der Waals surface area contributed by atoms with Crippen LogP contribution in [-0.2, 0) is 0 Å². The van der Waals surface area contributed by atoms with Crippen LogP contribution in [0.3, 0.4) is 0 Å². The van der Waals surface area contributed by atoms with E-state index in [4.69, 9.17) is 23.2 Å². The summed E-state index contributed by atoms with van der Waals surface area (Å²) in [6, 6.07) is 7.91. The zero-order valence-electron chi connectivity index (χ0n) is 9.51. The molecular weight excluding hydrogens is 307 g/mol. The summed E-state index contributed by atoms with van der Waals surface area (Å²) in [6.07, 6.45) is 0.844. The second-order valence-corrected chi connectivity index (χ2v) is 4.73. The molecule has 3 nitrogen and oxygen atoms in total. The average molecular weight is 315 g/mol. The van der Waals surface area contributed by atoms with Gasteiger partial charge in [0.1, 0.15) is 0 Å². The predicted octanol–water partition coefficient (Wildman–Crippen LogP) is 4.01. The molecule has 0 aliphatic heterocycles. The summed E-state index contributed by atoms with van der Waals surface area (Å²) in [5.74, 6) is 0. The number of rotatable bonds is 3. The van der Waals surface area contributed by atoms with E-state index in [0.29, 0.717) is 0 Å². The third-order valence-corrected chi connectivity index (χ3v) is 3.14. The van der Waals surface area contributed by atoms with Crippen LogP contribution in [0.5, 0.6) is 0 Å². The Kier molecular flexibility index (Phi) is 6.42. The molecule has 0 radical (unpaired) electrons. The lowest BCUT2D eigenvalue weighted by molar-refractivity contribution is 0.105. The molecule has 2 rings (SSSR count). The number of hydrogen-bond donors (Lipinski definition) is 0. The molecular formula is C13H8Cl2O3S. The highest BCUT2D eigenvalue weighted by Gasteiger charge is 2.12. The minimum absolute atomic E-state index is 0.138. The maximum Gasteiger partial charge on any atom is 0.253 e. The van der Waals surface area contributed by atoms with Crippen molar-refractivity contribution in [2.24, 2.45) is 0 Å². The molecule has 0 spiro atoms. The van der Waals surface area contributed by atoms with Gasteiger partial charge in [-0.05, 0) is 46.8 Å². The van der Waals surface area contributed by atoms with Crippen LogP contribution in [0.2, 0.25) is 0 Å². The van der Waals surface area contributed by atoms with Crippen LogP contribution in [0.15, 0.2) is 41.1 Å². The van der Waals surface area contributed by atoms with Crippen molar-refractivity contribution >= 4 is 51.3 Å². The van der Waals surface area contributed by atoms with Crippen LogP contribution in [0, 0.1) is 0 Å². The first-order chi connectivity index (χ1) is 9.06. The largest absolute Gasteiger partial charge is 0.298 e. The molecule has 19 heavy (non-hydrogen) atoms. The van der Waals surface area contributed by atoms with Gasteiger partial charge in [0.15, 0.2) is 6.29 Å². The van der Waals surface area contributed by atoms with E-state index in [9.17, 15) is 14.4 Å². The maximum absolute atomic E-state index is 10.7. The van der Waals surface area contributed by atoms with E-state index in [1.54, 1.807) is 18.2 Å². The second kappa shape index (κ2) is 7.84. The van der Waals surface area contributed by atoms with E-state index in [1.807, 2.05) is 10.8 Å². The Bertz CT molecular complexity index is 546. The SMILES string of the molecule is O=C(Cl)c1ccccc1C(=O)Cl.O=Cc1ccsc1. The quantitative estimate of drug-likeness (QED) is 0.635. The molecule has 0 aliphatic rings. The monoisotopic (exact) mass is 314 g/mol. The third kappa shape index (κ3) is 4.95. The smallest absolute Gasteiger partial charge is 0.253 e. The Morgan fingerprint density at radius 2 is 1.53 bits per heavy atom. The van der Waals surface area contributed by atoms with Crippen molar-refractivity contribution in [1.82, 2.24) is 0 Å². The molecule has 0 fully saturated rings. The lowest BCUT2D eigenvalue weighted by Gasteiger charge is -1.98. The predicted molar refractivity (Wildman–Crippen MR) is 76.5 cm³/mol. The van der Waals surface area contributed by atoms with Crippen molar-refractivity contribution in [3.05, 3.63) is 57.8 Å². The molecule has 0 saturated carbocycles. The van der Waals surface area contributed by atoms with Gasteiger partial charge in [0.05, 0.1) is 0 Å². The highest BCUT2D eigenvalue weighted by Crippen LogP contribution is 2.13. The van der Waals surface area contributed by atoms with Crippen molar-refractivity contribution in [2.75, 3.05) is 0 Å². The first-order valence-corrected chi connectivity index (χ1v) is 6.72. The molecule has 0 aliphatic carbocycles. The minimum atomic E-state index is -0.681. The third-order valence-electron chi connectivity index (χ3n) is 2.03. The van der Waals surface area contributed by atoms with Crippen molar-refractivity contribution in [3.63, 3.8) is 0 Å². The Morgan fingerprint density at radius 1 is 1.00 bits per heavy atom. The number of thiophene rings is 1. The fraction of sp³-hybridized carbons (Fsp3) is 0. The molecule has 1 aromatic heterocycles. The molecule has 1 aromatic carbocycles. The minimum Gasteiger partial charge on any atom is -0.298 e. The van der Waals surface area contributed by atoms with Gasteiger partial charge in [0.2, 0.25) is 0 Å². The number of carbonyl (C=O) groups is 3. The first kappa shape index (κ1) is 15.6. The van der Waals surface area contributed by atoms with Crippen molar-refractivity contribution in [2.45, 2.75) is 0 Å². The van der Waals surface area contributed by atoms with E-state index in [1.165, 1.54) is 23.5 Å². The normalized spacial score (nSPS) is 9.16. The number of hydrogen-bond acceptors (Lipinski definition) is 4. The Balaban J connectivity index is 0.000000218. The molecule has 0 N–H and O–H groups in total. The van der Waals surface area contributed by atoms with Crippen molar-refractivity contribution in [3.8, 4) is 0 Å². The molecule has 0 unspecified atom stereocenters. The Labute approximate surface area is 123 Å². The van der Waals surface area contributed by atoms with Crippen LogP contribution < -0.4 is 0 Å². The molecule has 1 heterocycles. The summed E-state index contributed by atoms with van der Waals surface area (Å²) < 4.78 is 0. The molecule has 6 heteroatoms. The van der Waals surface area contributed by atoms with E-state index in [0.717, 1.165) is 11.8 Å². The summed E-state index contributed by atoms with van der Waals surface area (Å²) in [7, 11) is 0. The summed E-state index contributed by atoms with van der Waals surface area (Å²) in [5, 5.41) is 2.33. The first-order valence-electron chi connectivity index (χ1n) is 5.02. The topological polar surface area (TPSA) is 51.2 Å². The highest BCUT2D eigenvalue weighted by molar-refractivity contribution is 7.08. The summed E-state index contributed by atoms with van der Waals surface area (Å²) >= 11 is 11.9. The average Bonchev–Trinajstić information content (AvgIpc) is 2.92. The fourth-order valence-corrected chi connectivity index (χ4v) is 2.10. The standard InChI is InChI=1S/C8H4Cl2O2.C5H4OS/c9-7(11)5-3-1-2-4-6(5)8(10)12;6-3-5-1-2-7-4-5/h1-4H;1-4H. The number of carbonyl (C=O) groups excluding carboxylic acids is 3. The maximum atomic E-state index is 10.7. The van der Waals surface area contributed by atoms with Gasteiger partial charge in [0.25, 0.3) is 10.5 Å². The van der Waals surface area contributed by atoms with E-state index < -0.39 is 10.5 Å². The van der Waals surface area contributed by atoms with Gasteiger partial charge < -0.3 is 0 Å². The second-order valence-electron chi connectivity index (χ2n) is 3.27. The molecule has 2 aromatic rings. The van der Waals surface area contributed by atoms with Crippen molar-refractivity contribution < 1.29 is 14.4 Å². The molecule has 0 saturated heterocycles. The number of halogens is 2. The molecule has 0 amide bonds. The zero-order chi connectivity index (χ0) is 14.3. The molecule has 0 atom stereocenters. The zero-order valence-corrected chi connectivity index (χ0v) is 11.8. The lowest BCUT2D eigenvalue weighted by Crippen LogP contribution is -1.99. The summed E-state index contributed by atoms with van der Waals surface area (Å²) in [6.45, 7) is 0. The van der Waals surface area contributed by atoms with Gasteiger partial charge >= 0.3 is 0 Å². The van der Waals surface area contributed by atoms with Crippen LogP contribution in [0.25, 0.3) is 0 Å². The Morgan fingerprint density at radius 3 is 1.79 bits per heavy atom. The summed E-state index contributed by atoms with van der Waals surface area (Å²) in [4.78, 5) is 31.3. The number of aldehydes is 1. The Hall–Kier alpha value is -1.49. The van der Waals surface area contributed by atoms with Gasteiger partial charge in [-0.1, -0.05) is 12.1 Å². The molecule has 0 bridgehead atoms. The van der Waals surface area contributed by atoms with Crippen LogP contribution in [0.1, 0.15) is 31.1 Å². The number of benzene rings is 1. The van der Waals surface area contributed by atoms with Crippen LogP contribution in [-0.4, -0.2) is 16.8 Å². The highest BCUT2D eigenvalue weighted by atomic mass is 35.5. The van der Waals surface area contributed by atoms with Gasteiger partial charge in [-0.15, -0.1) is 0 Å². The van der Waals surface area contributed by atoms with E-state index in [2.05, 4.69) is 0 Å². The van der Waals surface area contributed by atoms with E-state index >= 15 is 0 Å². The van der Waals surface area contributed by atoms with Crippen LogP contribution in [0.4, 0.5) is 0 Å². The van der Waals surface area contributed by atoms with Gasteiger partial charge in [-0.25, -0.2) is 0 Å². The lowest BCUT2D eigenvalue weighted by atomic mass is 10.1. The summed E-state index contributed by atoms with van der Waals surface area (Å²) in [5.41, 5.74) is 1.04. The van der Waals surface area contributed by atoms with Crippen molar-refractivity contribution in [1.29, 1.82) is 0 Å². The fourth-order valence-electron chi connectivity index (χ4n) is 1.17. The van der Waals surface area contributed by atoms with Gasteiger partial charge in [0, 0.05) is 22.1 Å². The van der Waals surface area contributed by atoms with E-state index in [-0.39, 0.29) is 11.1 Å².